The van der Waals surface area contributed by atoms with Crippen molar-refractivity contribution in [2.24, 2.45) is 11.8 Å². The zero-order chi connectivity index (χ0) is 12.6. The van der Waals surface area contributed by atoms with Crippen molar-refractivity contribution < 1.29 is 4.79 Å². The Morgan fingerprint density at radius 1 is 0.611 bits per heavy atom. The van der Waals surface area contributed by atoms with Crippen LogP contribution in [-0.2, 0) is 4.79 Å². The third-order valence-electron chi connectivity index (χ3n) is 4.18. The fourth-order valence-corrected chi connectivity index (χ4v) is 3.14. The second kappa shape index (κ2) is 7.35. The van der Waals surface area contributed by atoms with E-state index < -0.39 is 0 Å². The van der Waals surface area contributed by atoms with E-state index in [9.17, 15) is 4.79 Å². The average Bonchev–Trinajstić information content (AvgIpc) is 3.14. The first kappa shape index (κ1) is 13.3. The molecule has 2 fully saturated rings. The molecule has 0 atom stereocenters. The third-order valence-corrected chi connectivity index (χ3v) is 4.18. The standard InChI is InChI=1S/C11H18O.C6H6/c12-11(9-5-1-2-6-9)10-7-3-4-8-10;1-2-4-6-5-3-1/h9-10H,1-8H2;1-6H. The van der Waals surface area contributed by atoms with E-state index in [4.69, 9.17) is 0 Å². The fraction of sp³-hybridized carbons (Fsp3) is 0.588. The van der Waals surface area contributed by atoms with Gasteiger partial charge < -0.3 is 0 Å². The van der Waals surface area contributed by atoms with E-state index in [-0.39, 0.29) is 0 Å². The summed E-state index contributed by atoms with van der Waals surface area (Å²) in [5.41, 5.74) is 0. The maximum absolute atomic E-state index is 11.8. The zero-order valence-electron chi connectivity index (χ0n) is 11.2. The number of Topliss-reactive ketones (excluding diaryl/α,β-unsaturated/α-hetero) is 1. The molecule has 0 heterocycles. The Morgan fingerprint density at radius 3 is 1.17 bits per heavy atom. The Hall–Kier alpha value is -1.11. The Balaban J connectivity index is 0.000000169. The van der Waals surface area contributed by atoms with Crippen LogP contribution in [0.2, 0.25) is 0 Å². The van der Waals surface area contributed by atoms with Gasteiger partial charge in [-0.2, -0.15) is 0 Å². The molecule has 0 saturated heterocycles. The number of rotatable bonds is 2. The number of benzene rings is 1. The molecule has 0 amide bonds. The average molecular weight is 244 g/mol. The molecule has 0 spiro atoms. The van der Waals surface area contributed by atoms with E-state index in [1.54, 1.807) is 0 Å². The second-order valence-electron chi connectivity index (χ2n) is 5.52. The van der Waals surface area contributed by atoms with Gasteiger partial charge in [0.1, 0.15) is 5.78 Å². The molecule has 0 aromatic heterocycles. The van der Waals surface area contributed by atoms with Gasteiger partial charge in [0.05, 0.1) is 0 Å². The predicted octanol–water partition coefficient (Wildman–Crippen LogP) is 4.62. The highest BCUT2D eigenvalue weighted by Crippen LogP contribution is 2.34. The molecule has 1 heteroatoms. The summed E-state index contributed by atoms with van der Waals surface area (Å²) < 4.78 is 0. The minimum absolute atomic E-state index is 0.466. The van der Waals surface area contributed by atoms with Crippen LogP contribution in [0.4, 0.5) is 0 Å². The first-order valence-electron chi connectivity index (χ1n) is 7.41. The van der Waals surface area contributed by atoms with Crippen LogP contribution in [0.1, 0.15) is 51.4 Å². The van der Waals surface area contributed by atoms with Crippen molar-refractivity contribution in [2.75, 3.05) is 0 Å². The molecule has 18 heavy (non-hydrogen) atoms. The maximum Gasteiger partial charge on any atom is 0.139 e. The summed E-state index contributed by atoms with van der Waals surface area (Å²) in [5, 5.41) is 0. The van der Waals surface area contributed by atoms with Gasteiger partial charge in [0.15, 0.2) is 0 Å². The van der Waals surface area contributed by atoms with Gasteiger partial charge in [-0.15, -0.1) is 0 Å². The van der Waals surface area contributed by atoms with Crippen molar-refractivity contribution in [1.82, 2.24) is 0 Å². The molecule has 2 aliphatic rings. The minimum atomic E-state index is 0.466. The van der Waals surface area contributed by atoms with Gasteiger partial charge in [-0.1, -0.05) is 62.1 Å². The van der Waals surface area contributed by atoms with Crippen LogP contribution in [0, 0.1) is 11.8 Å². The smallest absolute Gasteiger partial charge is 0.139 e. The number of hydrogen-bond donors (Lipinski definition) is 0. The van der Waals surface area contributed by atoms with Crippen molar-refractivity contribution in [3.63, 3.8) is 0 Å². The number of hydrogen-bond acceptors (Lipinski definition) is 1. The van der Waals surface area contributed by atoms with Crippen LogP contribution in [-0.4, -0.2) is 5.78 Å². The molecule has 1 nitrogen and oxygen atoms in total. The van der Waals surface area contributed by atoms with Crippen LogP contribution >= 0.6 is 0 Å². The highest BCUT2D eigenvalue weighted by atomic mass is 16.1. The quantitative estimate of drug-likeness (QED) is 0.741. The molecule has 0 radical (unpaired) electrons. The molecule has 98 valence electrons. The summed E-state index contributed by atoms with van der Waals surface area (Å²) in [5.74, 6) is 1.55. The molecule has 2 aliphatic carbocycles. The highest BCUT2D eigenvalue weighted by molar-refractivity contribution is 5.83. The van der Waals surface area contributed by atoms with Crippen molar-refractivity contribution in [2.45, 2.75) is 51.4 Å². The van der Waals surface area contributed by atoms with E-state index in [2.05, 4.69) is 0 Å². The molecule has 3 rings (SSSR count). The van der Waals surface area contributed by atoms with Crippen LogP contribution in [0.3, 0.4) is 0 Å². The lowest BCUT2D eigenvalue weighted by Crippen LogP contribution is -2.19. The maximum atomic E-state index is 11.8. The second-order valence-corrected chi connectivity index (χ2v) is 5.52. The molecule has 2 saturated carbocycles. The van der Waals surface area contributed by atoms with Gasteiger partial charge in [0, 0.05) is 11.8 Å². The van der Waals surface area contributed by atoms with Crippen LogP contribution in [0.25, 0.3) is 0 Å². The van der Waals surface area contributed by atoms with Crippen LogP contribution in [0.5, 0.6) is 0 Å². The molecule has 0 unspecified atom stereocenters. The summed E-state index contributed by atoms with van der Waals surface area (Å²) in [4.78, 5) is 11.8. The monoisotopic (exact) mass is 244 g/mol. The first-order valence-corrected chi connectivity index (χ1v) is 7.41. The van der Waals surface area contributed by atoms with E-state index in [0.717, 1.165) is 0 Å². The van der Waals surface area contributed by atoms with Gasteiger partial charge in [0.25, 0.3) is 0 Å². The lowest BCUT2D eigenvalue weighted by atomic mass is 9.90. The summed E-state index contributed by atoms with van der Waals surface area (Å²) >= 11 is 0. The molecule has 0 bridgehead atoms. The van der Waals surface area contributed by atoms with Gasteiger partial charge in [-0.25, -0.2) is 0 Å². The van der Waals surface area contributed by atoms with E-state index in [1.807, 2.05) is 36.4 Å². The normalized spacial score (nSPS) is 20.4. The molecule has 1 aromatic rings. The Morgan fingerprint density at radius 2 is 0.889 bits per heavy atom. The predicted molar refractivity (Wildman–Crippen MR) is 75.4 cm³/mol. The Labute approximate surface area is 111 Å². The zero-order valence-corrected chi connectivity index (χ0v) is 11.2. The first-order chi connectivity index (χ1) is 8.88. The Bertz CT molecular complexity index is 287. The van der Waals surface area contributed by atoms with Crippen molar-refractivity contribution in [3.8, 4) is 0 Å². The molecule has 0 aliphatic heterocycles. The van der Waals surface area contributed by atoms with Crippen molar-refractivity contribution in [1.29, 1.82) is 0 Å². The minimum Gasteiger partial charge on any atom is -0.299 e. The van der Waals surface area contributed by atoms with E-state index >= 15 is 0 Å². The summed E-state index contributed by atoms with van der Waals surface area (Å²) in [7, 11) is 0. The van der Waals surface area contributed by atoms with E-state index in [1.165, 1.54) is 51.4 Å². The summed E-state index contributed by atoms with van der Waals surface area (Å²) in [6, 6.07) is 12.0. The number of carbonyl (C=O) groups excluding carboxylic acids is 1. The summed E-state index contributed by atoms with van der Waals surface area (Å²) in [6.45, 7) is 0. The topological polar surface area (TPSA) is 17.1 Å². The molecular formula is C17H24O. The van der Waals surface area contributed by atoms with Gasteiger partial charge in [-0.3, -0.25) is 4.79 Å². The largest absolute Gasteiger partial charge is 0.299 e. The van der Waals surface area contributed by atoms with Gasteiger partial charge in [-0.05, 0) is 25.7 Å². The van der Waals surface area contributed by atoms with Gasteiger partial charge in [0.2, 0.25) is 0 Å². The van der Waals surface area contributed by atoms with E-state index in [0.29, 0.717) is 17.6 Å². The van der Waals surface area contributed by atoms with Crippen molar-refractivity contribution in [3.05, 3.63) is 36.4 Å². The number of ketones is 1. The van der Waals surface area contributed by atoms with Crippen molar-refractivity contribution >= 4 is 5.78 Å². The van der Waals surface area contributed by atoms with Gasteiger partial charge >= 0.3 is 0 Å². The highest BCUT2D eigenvalue weighted by Gasteiger charge is 2.30. The Kier molecular flexibility index (Phi) is 5.44. The molecule has 0 N–H and O–H groups in total. The summed E-state index contributed by atoms with van der Waals surface area (Å²) in [6.07, 6.45) is 9.94. The van der Waals surface area contributed by atoms with Crippen LogP contribution in [0.15, 0.2) is 36.4 Å². The third kappa shape index (κ3) is 3.97. The fourth-order valence-electron chi connectivity index (χ4n) is 3.14. The molecule has 1 aromatic carbocycles. The lowest BCUT2D eigenvalue weighted by molar-refractivity contribution is -0.126. The molecular weight excluding hydrogens is 220 g/mol. The SMILES string of the molecule is O=C(C1CCCC1)C1CCCC1.c1ccccc1. The van der Waals surface area contributed by atoms with Crippen LogP contribution < -0.4 is 0 Å². The lowest BCUT2D eigenvalue weighted by Gasteiger charge is -2.12. The number of carbonyl (C=O) groups is 1.